The van der Waals surface area contributed by atoms with Crippen molar-refractivity contribution in [3.8, 4) is 0 Å². The zero-order valence-electron chi connectivity index (χ0n) is 8.14. The highest BCUT2D eigenvalue weighted by Gasteiger charge is 2.78. The third-order valence-electron chi connectivity index (χ3n) is 6.58. The van der Waals surface area contributed by atoms with E-state index in [1.807, 2.05) is 0 Å². The first-order valence-electron chi connectivity index (χ1n) is 5.67. The largest absolute Gasteiger partial charge is 0.0588 e. The van der Waals surface area contributed by atoms with Crippen LogP contribution in [0, 0.1) is 34.5 Å². The Morgan fingerprint density at radius 1 is 1.17 bits per heavy atom. The van der Waals surface area contributed by atoms with Crippen molar-refractivity contribution in [1.82, 2.24) is 0 Å². The van der Waals surface area contributed by atoms with E-state index in [4.69, 9.17) is 0 Å². The van der Waals surface area contributed by atoms with Crippen LogP contribution in [-0.2, 0) is 0 Å². The molecule has 4 fully saturated rings. The molecule has 0 heterocycles. The zero-order chi connectivity index (χ0) is 8.14. The molecule has 0 bridgehead atoms. The van der Waals surface area contributed by atoms with Crippen molar-refractivity contribution in [3.63, 3.8) is 0 Å². The summed E-state index contributed by atoms with van der Waals surface area (Å²) in [6.07, 6.45) is 6.32. The second kappa shape index (κ2) is 1.40. The Hall–Kier alpha value is 0. The highest BCUT2D eigenvalue weighted by atomic mass is 14.8. The smallest absolute Gasteiger partial charge is 0.0233 e. The number of hydrogen-bond donors (Lipinski definition) is 0. The molecule has 0 saturated heterocycles. The minimum atomic E-state index is 0.801. The minimum absolute atomic E-state index is 0.801. The first kappa shape index (κ1) is 6.45. The van der Waals surface area contributed by atoms with Gasteiger partial charge in [0.05, 0.1) is 0 Å². The van der Waals surface area contributed by atoms with Gasteiger partial charge in [-0.2, -0.15) is 0 Å². The summed E-state index contributed by atoms with van der Waals surface area (Å²) in [5.41, 5.74) is 1.61. The van der Waals surface area contributed by atoms with E-state index in [-0.39, 0.29) is 0 Å². The van der Waals surface area contributed by atoms with Crippen LogP contribution in [-0.4, -0.2) is 0 Å². The van der Waals surface area contributed by atoms with E-state index >= 15 is 0 Å². The topological polar surface area (TPSA) is 0 Å². The fraction of sp³-hybridized carbons (Fsp3) is 1.00. The van der Waals surface area contributed by atoms with Gasteiger partial charge in [-0.25, -0.2) is 0 Å². The van der Waals surface area contributed by atoms with E-state index in [2.05, 4.69) is 13.8 Å². The van der Waals surface area contributed by atoms with Crippen LogP contribution in [0.3, 0.4) is 0 Å². The van der Waals surface area contributed by atoms with Crippen LogP contribution in [0.15, 0.2) is 0 Å². The van der Waals surface area contributed by atoms with Crippen molar-refractivity contribution in [1.29, 1.82) is 0 Å². The lowest BCUT2D eigenvalue weighted by atomic mass is 9.42. The van der Waals surface area contributed by atoms with Gasteiger partial charge in [0.2, 0.25) is 0 Å². The minimum Gasteiger partial charge on any atom is -0.0588 e. The zero-order valence-corrected chi connectivity index (χ0v) is 8.14. The first-order chi connectivity index (χ1) is 5.67. The lowest BCUT2D eigenvalue weighted by molar-refractivity contribution is -0.145. The molecule has 4 aliphatic carbocycles. The molecule has 4 saturated carbocycles. The van der Waals surface area contributed by atoms with E-state index in [0.29, 0.717) is 0 Å². The molecule has 0 N–H and O–H groups in total. The molecular formula is C12H18. The molecule has 0 aromatic heterocycles. The summed E-state index contributed by atoms with van der Waals surface area (Å²) >= 11 is 0. The maximum Gasteiger partial charge on any atom is -0.0233 e. The van der Waals surface area contributed by atoms with E-state index in [1.165, 1.54) is 17.8 Å². The van der Waals surface area contributed by atoms with Crippen molar-refractivity contribution in [3.05, 3.63) is 0 Å². The second-order valence-corrected chi connectivity index (χ2v) is 6.37. The molecule has 0 aliphatic heterocycles. The molecule has 0 amide bonds. The van der Waals surface area contributed by atoms with E-state index in [0.717, 1.165) is 16.7 Å². The quantitative estimate of drug-likeness (QED) is 0.513. The molecule has 0 spiro atoms. The van der Waals surface area contributed by atoms with Crippen LogP contribution in [0.5, 0.6) is 0 Å². The third-order valence-corrected chi connectivity index (χ3v) is 6.58. The van der Waals surface area contributed by atoms with Crippen LogP contribution in [0.4, 0.5) is 0 Å². The van der Waals surface area contributed by atoms with Gasteiger partial charge < -0.3 is 0 Å². The summed E-state index contributed by atoms with van der Waals surface area (Å²) in [7, 11) is 0. The van der Waals surface area contributed by atoms with Crippen molar-refractivity contribution in [2.75, 3.05) is 0 Å². The standard InChI is InChI=1S/C12H18/c1-11-4-3-9(11)8-5-7-6-12(11,2)10(7)8/h7-10H,3-6H2,1-2H3. The lowest BCUT2D eigenvalue weighted by Crippen LogP contribution is -2.56. The third kappa shape index (κ3) is 0.352. The average molecular weight is 162 g/mol. The van der Waals surface area contributed by atoms with Gasteiger partial charge in [0.15, 0.2) is 0 Å². The molecule has 66 valence electrons. The van der Waals surface area contributed by atoms with Crippen molar-refractivity contribution in [2.24, 2.45) is 34.5 Å². The van der Waals surface area contributed by atoms with Gasteiger partial charge in [-0.1, -0.05) is 13.8 Å². The van der Waals surface area contributed by atoms with E-state index < -0.39 is 0 Å². The summed E-state index contributed by atoms with van der Waals surface area (Å²) in [5.74, 6) is 4.72. The summed E-state index contributed by atoms with van der Waals surface area (Å²) in [5, 5.41) is 0. The SMILES string of the molecule is CC12CCC1C1CC3CC2(C)C31. The molecule has 6 unspecified atom stereocenters. The number of fused-ring (bicyclic) bond motifs is 3. The highest BCUT2D eigenvalue weighted by Crippen LogP contribution is 2.85. The normalized spacial score (nSPS) is 76.5. The predicted octanol–water partition coefficient (Wildman–Crippen LogP) is 3.08. The average Bonchev–Trinajstić information content (AvgIpc) is 2.04. The number of hydrogen-bond acceptors (Lipinski definition) is 0. The van der Waals surface area contributed by atoms with Gasteiger partial charge >= 0.3 is 0 Å². The van der Waals surface area contributed by atoms with Crippen LogP contribution in [0.2, 0.25) is 0 Å². The Labute approximate surface area is 74.7 Å². The first-order valence-corrected chi connectivity index (χ1v) is 5.67. The maximum absolute atomic E-state index is 2.60. The molecule has 0 radical (unpaired) electrons. The van der Waals surface area contributed by atoms with Gasteiger partial charge in [0.25, 0.3) is 0 Å². The van der Waals surface area contributed by atoms with Crippen molar-refractivity contribution in [2.45, 2.75) is 39.5 Å². The fourth-order valence-electron chi connectivity index (χ4n) is 5.69. The van der Waals surface area contributed by atoms with Crippen LogP contribution >= 0.6 is 0 Å². The summed E-state index contributed by atoms with van der Waals surface area (Å²) < 4.78 is 0. The Morgan fingerprint density at radius 3 is 2.50 bits per heavy atom. The van der Waals surface area contributed by atoms with Crippen LogP contribution in [0.1, 0.15) is 39.5 Å². The number of rotatable bonds is 0. The van der Waals surface area contributed by atoms with Crippen molar-refractivity contribution < 1.29 is 0 Å². The Bertz CT molecular complexity index is 259. The summed E-state index contributed by atoms with van der Waals surface area (Å²) in [6.45, 7) is 5.19. The molecule has 0 nitrogen and oxygen atoms in total. The Morgan fingerprint density at radius 2 is 2.00 bits per heavy atom. The van der Waals surface area contributed by atoms with Crippen molar-refractivity contribution >= 4 is 0 Å². The maximum atomic E-state index is 2.60. The van der Waals surface area contributed by atoms with Gasteiger partial charge in [0, 0.05) is 0 Å². The van der Waals surface area contributed by atoms with Gasteiger partial charge in [0.1, 0.15) is 0 Å². The van der Waals surface area contributed by atoms with Crippen LogP contribution < -0.4 is 0 Å². The van der Waals surface area contributed by atoms with E-state index in [9.17, 15) is 0 Å². The Balaban J connectivity index is 1.88. The molecular weight excluding hydrogens is 144 g/mol. The molecule has 0 aromatic rings. The monoisotopic (exact) mass is 162 g/mol. The highest BCUT2D eigenvalue weighted by molar-refractivity contribution is 5.26. The predicted molar refractivity (Wildman–Crippen MR) is 48.6 cm³/mol. The van der Waals surface area contributed by atoms with Gasteiger partial charge in [-0.3, -0.25) is 0 Å². The summed E-state index contributed by atoms with van der Waals surface area (Å²) in [4.78, 5) is 0. The van der Waals surface area contributed by atoms with Gasteiger partial charge in [-0.15, -0.1) is 0 Å². The molecule has 4 rings (SSSR count). The molecule has 0 aromatic carbocycles. The fourth-order valence-corrected chi connectivity index (χ4v) is 5.69. The Kier molecular flexibility index (Phi) is 0.755. The lowest BCUT2D eigenvalue weighted by Gasteiger charge is -2.63. The summed E-state index contributed by atoms with van der Waals surface area (Å²) in [6, 6.07) is 0. The van der Waals surface area contributed by atoms with E-state index in [1.54, 1.807) is 25.7 Å². The van der Waals surface area contributed by atoms with Crippen LogP contribution in [0.25, 0.3) is 0 Å². The molecule has 0 heteroatoms. The molecule has 4 aliphatic rings. The molecule has 12 heavy (non-hydrogen) atoms. The molecule has 6 atom stereocenters. The van der Waals surface area contributed by atoms with Gasteiger partial charge in [-0.05, 0) is 60.2 Å². The second-order valence-electron chi connectivity index (χ2n) is 6.37.